The van der Waals surface area contributed by atoms with Crippen molar-refractivity contribution < 1.29 is 19.1 Å². The first-order chi connectivity index (χ1) is 13.5. The Morgan fingerprint density at radius 3 is 2.68 bits per heavy atom. The summed E-state index contributed by atoms with van der Waals surface area (Å²) in [5, 5.41) is 7.14. The van der Waals surface area contributed by atoms with Crippen molar-refractivity contribution in [1.29, 1.82) is 0 Å². The van der Waals surface area contributed by atoms with E-state index in [0.29, 0.717) is 16.3 Å². The molecule has 0 aliphatic carbocycles. The maximum Gasteiger partial charge on any atom is 0.338 e. The van der Waals surface area contributed by atoms with Crippen molar-refractivity contribution >= 4 is 52.1 Å². The van der Waals surface area contributed by atoms with E-state index in [1.807, 2.05) is 0 Å². The lowest BCUT2D eigenvalue weighted by molar-refractivity contribution is -0.119. The zero-order valence-corrected chi connectivity index (χ0v) is 15.9. The highest BCUT2D eigenvalue weighted by atomic mass is 35.5. The van der Waals surface area contributed by atoms with Gasteiger partial charge in [-0.05, 0) is 41.8 Å². The first-order valence-electron chi connectivity index (χ1n) is 8.05. The molecule has 0 fully saturated rings. The summed E-state index contributed by atoms with van der Waals surface area (Å²) in [6.45, 7) is -0.490. The maximum absolute atomic E-state index is 12.2. The number of aromatic nitrogens is 1. The summed E-state index contributed by atoms with van der Waals surface area (Å²) < 4.78 is 5.01. The average molecular weight is 416 g/mol. The Hall–Kier alpha value is -3.23. The van der Waals surface area contributed by atoms with E-state index in [2.05, 4.69) is 15.6 Å². The number of benzene rings is 1. The van der Waals surface area contributed by atoms with Crippen LogP contribution < -0.4 is 10.6 Å². The second-order valence-electron chi connectivity index (χ2n) is 5.48. The molecule has 3 aromatic rings. The summed E-state index contributed by atoms with van der Waals surface area (Å²) in [6, 6.07) is 12.9. The van der Waals surface area contributed by atoms with Crippen LogP contribution in [0.4, 0.5) is 11.4 Å². The van der Waals surface area contributed by atoms with Gasteiger partial charge in [0.2, 0.25) is 0 Å². The third-order valence-corrected chi connectivity index (χ3v) is 4.64. The second-order valence-corrected chi connectivity index (χ2v) is 6.78. The van der Waals surface area contributed by atoms with Crippen molar-refractivity contribution in [2.75, 3.05) is 17.2 Å². The molecule has 7 nitrogen and oxygen atoms in total. The number of nitrogens with one attached hydrogen (secondary N) is 2. The highest BCUT2D eigenvalue weighted by Gasteiger charge is 2.13. The van der Waals surface area contributed by atoms with E-state index in [-0.39, 0.29) is 16.6 Å². The number of rotatable bonds is 6. The minimum absolute atomic E-state index is 0.136. The van der Waals surface area contributed by atoms with E-state index in [1.165, 1.54) is 29.7 Å². The predicted molar refractivity (Wildman–Crippen MR) is 107 cm³/mol. The molecule has 0 radical (unpaired) electrons. The fourth-order valence-corrected chi connectivity index (χ4v) is 2.99. The average Bonchev–Trinajstić information content (AvgIpc) is 3.23. The monoisotopic (exact) mass is 415 g/mol. The molecule has 0 aliphatic rings. The summed E-state index contributed by atoms with van der Waals surface area (Å²) in [7, 11) is 0. The molecular weight excluding hydrogens is 402 g/mol. The standard InChI is InChI=1S/C19H14ClN3O4S/c20-17-14(6-2-8-21-17)23-16(24)11-27-19(26)12-4-1-5-13(10-12)22-18(25)15-7-3-9-28-15/h1-10H,11H2,(H,22,25)(H,23,24). The van der Waals surface area contributed by atoms with Crippen molar-refractivity contribution in [3.63, 3.8) is 0 Å². The third-order valence-electron chi connectivity index (χ3n) is 3.47. The molecule has 142 valence electrons. The number of esters is 1. The highest BCUT2D eigenvalue weighted by molar-refractivity contribution is 7.12. The summed E-state index contributed by atoms with van der Waals surface area (Å²) in [5.74, 6) is -1.52. The van der Waals surface area contributed by atoms with Crippen LogP contribution in [0.2, 0.25) is 5.15 Å². The van der Waals surface area contributed by atoms with Crippen molar-refractivity contribution in [2.45, 2.75) is 0 Å². The third kappa shape index (κ3) is 5.15. The molecule has 0 bridgehead atoms. The molecule has 2 heterocycles. The van der Waals surface area contributed by atoms with Gasteiger partial charge >= 0.3 is 5.97 Å². The van der Waals surface area contributed by atoms with Gasteiger partial charge in [0.05, 0.1) is 16.1 Å². The Kier molecular flexibility index (Phi) is 6.36. The maximum atomic E-state index is 12.2. The molecule has 28 heavy (non-hydrogen) atoms. The first kappa shape index (κ1) is 19.5. The SMILES string of the molecule is O=C(COC(=O)c1cccc(NC(=O)c2cccs2)c1)Nc1cccnc1Cl. The number of anilines is 2. The number of amides is 2. The molecule has 3 rings (SSSR count). The molecule has 2 aromatic heterocycles. The molecule has 0 spiro atoms. The molecule has 9 heteroatoms. The van der Waals surface area contributed by atoms with Crippen LogP contribution in [0.5, 0.6) is 0 Å². The lowest BCUT2D eigenvalue weighted by atomic mass is 10.2. The quantitative estimate of drug-likeness (QED) is 0.471. The molecule has 1 aromatic carbocycles. The predicted octanol–water partition coefficient (Wildman–Crippen LogP) is 3.84. The number of halogens is 1. The number of pyridine rings is 1. The van der Waals surface area contributed by atoms with Gasteiger partial charge < -0.3 is 15.4 Å². The van der Waals surface area contributed by atoms with Crippen LogP contribution in [0.1, 0.15) is 20.0 Å². The second kappa shape index (κ2) is 9.12. The Labute approximate surface area is 169 Å². The molecular formula is C19H14ClN3O4S. The fourth-order valence-electron chi connectivity index (χ4n) is 2.20. The van der Waals surface area contributed by atoms with Crippen LogP contribution >= 0.6 is 22.9 Å². The number of ether oxygens (including phenoxy) is 1. The highest BCUT2D eigenvalue weighted by Crippen LogP contribution is 2.18. The van der Waals surface area contributed by atoms with Crippen LogP contribution in [0.25, 0.3) is 0 Å². The van der Waals surface area contributed by atoms with Gasteiger partial charge in [-0.1, -0.05) is 23.7 Å². The van der Waals surface area contributed by atoms with Gasteiger partial charge in [-0.2, -0.15) is 0 Å². The Balaban J connectivity index is 1.56. The molecule has 0 unspecified atom stereocenters. The van der Waals surface area contributed by atoms with Gasteiger partial charge in [0, 0.05) is 11.9 Å². The van der Waals surface area contributed by atoms with Crippen molar-refractivity contribution in [3.05, 3.63) is 75.7 Å². The lowest BCUT2D eigenvalue weighted by Crippen LogP contribution is -2.21. The van der Waals surface area contributed by atoms with Gasteiger partial charge in [-0.25, -0.2) is 9.78 Å². The van der Waals surface area contributed by atoms with Crippen LogP contribution in [0.3, 0.4) is 0 Å². The van der Waals surface area contributed by atoms with Gasteiger partial charge in [-0.3, -0.25) is 9.59 Å². The van der Waals surface area contributed by atoms with Gasteiger partial charge in [-0.15, -0.1) is 11.3 Å². The smallest absolute Gasteiger partial charge is 0.338 e. The van der Waals surface area contributed by atoms with E-state index in [4.69, 9.17) is 16.3 Å². The summed E-state index contributed by atoms with van der Waals surface area (Å²) in [4.78, 5) is 40.6. The van der Waals surface area contributed by atoms with Gasteiger partial charge in [0.25, 0.3) is 11.8 Å². The van der Waals surface area contributed by atoms with Crippen molar-refractivity contribution in [1.82, 2.24) is 4.98 Å². The minimum atomic E-state index is -0.695. The zero-order valence-electron chi connectivity index (χ0n) is 14.3. The Morgan fingerprint density at radius 2 is 1.93 bits per heavy atom. The molecule has 2 amide bonds. The zero-order chi connectivity index (χ0) is 19.9. The fraction of sp³-hybridized carbons (Fsp3) is 0.0526. The number of thiophene rings is 1. The topological polar surface area (TPSA) is 97.4 Å². The van der Waals surface area contributed by atoms with E-state index in [1.54, 1.807) is 41.8 Å². The Bertz CT molecular complexity index is 1010. The van der Waals surface area contributed by atoms with Crippen LogP contribution in [-0.2, 0) is 9.53 Å². The normalized spacial score (nSPS) is 10.2. The van der Waals surface area contributed by atoms with E-state index in [0.717, 1.165) is 0 Å². The molecule has 0 saturated carbocycles. The summed E-state index contributed by atoms with van der Waals surface area (Å²) >= 11 is 7.17. The van der Waals surface area contributed by atoms with Gasteiger partial charge in [0.15, 0.2) is 11.8 Å². The summed E-state index contributed by atoms with van der Waals surface area (Å²) in [6.07, 6.45) is 1.49. The summed E-state index contributed by atoms with van der Waals surface area (Å²) in [5.41, 5.74) is 0.971. The van der Waals surface area contributed by atoms with E-state index in [9.17, 15) is 14.4 Å². The molecule has 0 atom stereocenters. The van der Waals surface area contributed by atoms with E-state index < -0.39 is 18.5 Å². The number of nitrogens with zero attached hydrogens (tertiary/aromatic N) is 1. The number of hydrogen-bond donors (Lipinski definition) is 2. The first-order valence-corrected chi connectivity index (χ1v) is 9.31. The van der Waals surface area contributed by atoms with E-state index >= 15 is 0 Å². The van der Waals surface area contributed by atoms with Crippen LogP contribution in [0, 0.1) is 0 Å². The molecule has 0 aliphatic heterocycles. The number of hydrogen-bond acceptors (Lipinski definition) is 6. The lowest BCUT2D eigenvalue weighted by Gasteiger charge is -2.08. The number of carbonyl (C=O) groups is 3. The molecule has 2 N–H and O–H groups in total. The minimum Gasteiger partial charge on any atom is -0.452 e. The van der Waals surface area contributed by atoms with Crippen molar-refractivity contribution in [2.24, 2.45) is 0 Å². The van der Waals surface area contributed by atoms with Crippen LogP contribution in [-0.4, -0.2) is 29.4 Å². The number of carbonyl (C=O) groups excluding carboxylic acids is 3. The largest absolute Gasteiger partial charge is 0.452 e. The Morgan fingerprint density at radius 1 is 1.07 bits per heavy atom. The van der Waals surface area contributed by atoms with Gasteiger partial charge in [0.1, 0.15) is 0 Å². The van der Waals surface area contributed by atoms with Crippen molar-refractivity contribution in [3.8, 4) is 0 Å². The molecule has 0 saturated heterocycles. The van der Waals surface area contributed by atoms with Crippen LogP contribution in [0.15, 0.2) is 60.1 Å².